The van der Waals surface area contributed by atoms with E-state index in [-0.39, 0.29) is 25.2 Å². The van der Waals surface area contributed by atoms with Gasteiger partial charge < -0.3 is 24.8 Å². The number of anilines is 1. The van der Waals surface area contributed by atoms with Crippen LogP contribution in [0.25, 0.3) is 11.3 Å². The van der Waals surface area contributed by atoms with Crippen LogP contribution >= 0.6 is 0 Å². The van der Waals surface area contributed by atoms with Gasteiger partial charge in [-0.15, -0.1) is 5.10 Å². The van der Waals surface area contributed by atoms with Gasteiger partial charge in [-0.2, -0.15) is 0 Å². The van der Waals surface area contributed by atoms with Crippen LogP contribution in [0.15, 0.2) is 30.5 Å². The first kappa shape index (κ1) is 38.0. The number of alkyl halides is 1. The number of hydrogen-bond acceptors (Lipinski definition) is 10. The largest absolute Gasteiger partial charge is 0.455 e. The summed E-state index contributed by atoms with van der Waals surface area (Å²) < 4.78 is 35.5. The number of aryl methyl sites for hydroxylation is 1. The van der Waals surface area contributed by atoms with Crippen molar-refractivity contribution in [3.05, 3.63) is 30.5 Å². The Labute approximate surface area is 289 Å². The van der Waals surface area contributed by atoms with E-state index in [0.29, 0.717) is 30.8 Å². The SMILES string of the molecule is B[C@@H]1[C@@H](C)C(=O)[C@](C)(F)C(=O)O[C@H](CC)[C@@]2(C)OC(=O)N(CCCCn3cc(-c4cccc(N)c4)nn3)[C@@H]2[C@@H](C)C(=O)[C@H](C)C[C@@]1(C)OC. The minimum atomic E-state index is -2.96. The van der Waals surface area contributed by atoms with Crippen molar-refractivity contribution in [1.29, 1.82) is 0 Å². The first-order valence-corrected chi connectivity index (χ1v) is 17.2. The van der Waals surface area contributed by atoms with E-state index in [4.69, 9.17) is 19.9 Å². The molecule has 9 atom stereocenters. The number of unbranched alkanes of at least 4 members (excludes halogenated alkanes) is 1. The van der Waals surface area contributed by atoms with Crippen molar-refractivity contribution in [3.8, 4) is 11.3 Å². The van der Waals surface area contributed by atoms with Gasteiger partial charge in [0.15, 0.2) is 11.4 Å². The molecule has 4 rings (SSSR count). The summed E-state index contributed by atoms with van der Waals surface area (Å²) in [6.07, 6.45) is 1.59. The predicted molar refractivity (Wildman–Crippen MR) is 184 cm³/mol. The standard InChI is InChI=1S/C35H51BFN5O7/c1-9-26-35(7)29(42(32(46)49-35)16-11-10-15-41-19-25(39-40-41)23-13-12-14-24(38)17-23)21(3)27(43)20(2)18-33(5,47-8)28(36)22(4)30(44)34(6,37)31(45)48-26/h12-14,17,19-22,26,28-29H,9-11,15-16,18,36,38H2,1-8H3/t20-,21+,22-,26-,28-,29-,33-,34+,35-/m1/s1. The highest BCUT2D eigenvalue weighted by molar-refractivity contribution is 6.17. The first-order chi connectivity index (χ1) is 22.9. The minimum absolute atomic E-state index is 0.126. The van der Waals surface area contributed by atoms with Crippen LogP contribution in [0.5, 0.6) is 0 Å². The third-order valence-corrected chi connectivity index (χ3v) is 11.0. The molecule has 2 aromatic rings. The molecule has 0 saturated carbocycles. The summed E-state index contributed by atoms with van der Waals surface area (Å²) in [5.74, 6) is -5.19. The highest BCUT2D eigenvalue weighted by atomic mass is 19.1. The van der Waals surface area contributed by atoms with Crippen molar-refractivity contribution in [2.45, 2.75) is 116 Å². The number of Topliss-reactive ketones (excluding diaryl/α,β-unsaturated/α-hetero) is 2. The Morgan fingerprint density at radius 2 is 1.76 bits per heavy atom. The first-order valence-electron chi connectivity index (χ1n) is 17.2. The summed E-state index contributed by atoms with van der Waals surface area (Å²) in [7, 11) is 3.25. The maximum Gasteiger partial charge on any atom is 0.410 e. The minimum Gasteiger partial charge on any atom is -0.455 e. The molecule has 1 aromatic carbocycles. The average molecular weight is 684 g/mol. The molecule has 0 bridgehead atoms. The number of rotatable bonds is 8. The lowest BCUT2D eigenvalue weighted by atomic mass is 9.61. The number of hydrogen-bond donors (Lipinski definition) is 1. The van der Waals surface area contributed by atoms with Gasteiger partial charge in [-0.1, -0.05) is 45.0 Å². The fourth-order valence-corrected chi connectivity index (χ4v) is 7.67. The molecule has 2 N–H and O–H groups in total. The molecule has 2 saturated heterocycles. The molecule has 1 aromatic heterocycles. The molecule has 0 spiro atoms. The van der Waals surface area contributed by atoms with E-state index in [9.17, 15) is 19.2 Å². The normalized spacial score (nSPS) is 34.7. The van der Waals surface area contributed by atoms with Gasteiger partial charge in [0.1, 0.15) is 25.4 Å². The molecule has 3 heterocycles. The number of carbonyl (C=O) groups is 4. The van der Waals surface area contributed by atoms with Crippen LogP contribution in [-0.2, 0) is 35.1 Å². The van der Waals surface area contributed by atoms with Gasteiger partial charge in [0, 0.05) is 49.2 Å². The number of fused-ring (bicyclic) bond motifs is 1. The molecule has 268 valence electrons. The lowest BCUT2D eigenvalue weighted by Crippen LogP contribution is -2.59. The van der Waals surface area contributed by atoms with E-state index in [0.717, 1.165) is 12.5 Å². The summed E-state index contributed by atoms with van der Waals surface area (Å²) >= 11 is 0. The highest BCUT2D eigenvalue weighted by Gasteiger charge is 2.61. The zero-order chi connectivity index (χ0) is 36.5. The van der Waals surface area contributed by atoms with E-state index >= 15 is 4.39 Å². The third-order valence-electron chi connectivity index (χ3n) is 11.0. The zero-order valence-electron chi connectivity index (χ0n) is 30.2. The quantitative estimate of drug-likeness (QED) is 0.141. The summed E-state index contributed by atoms with van der Waals surface area (Å²) in [5.41, 5.74) is 2.60. The van der Waals surface area contributed by atoms with Gasteiger partial charge in [-0.25, -0.2) is 14.0 Å². The van der Waals surface area contributed by atoms with Gasteiger partial charge >= 0.3 is 12.1 Å². The van der Waals surface area contributed by atoms with Crippen molar-refractivity contribution in [3.63, 3.8) is 0 Å². The van der Waals surface area contributed by atoms with Gasteiger partial charge in [0.2, 0.25) is 0 Å². The number of esters is 1. The second-order valence-electron chi connectivity index (χ2n) is 14.4. The number of amides is 1. The van der Waals surface area contributed by atoms with Crippen LogP contribution < -0.4 is 5.73 Å². The number of nitrogen functional groups attached to an aromatic ring is 1. The Balaban J connectivity index is 1.62. The van der Waals surface area contributed by atoms with Gasteiger partial charge in [0.05, 0.1) is 17.8 Å². The Morgan fingerprint density at radius 1 is 1.08 bits per heavy atom. The predicted octanol–water partition coefficient (Wildman–Crippen LogP) is 4.21. The lowest BCUT2D eigenvalue weighted by molar-refractivity contribution is -0.180. The number of halogens is 1. The van der Waals surface area contributed by atoms with Gasteiger partial charge in [-0.05, 0) is 64.4 Å². The fraction of sp³-hybridized carbons (Fsp3) is 0.657. The number of ketones is 2. The number of methoxy groups -OCH3 is 1. The van der Waals surface area contributed by atoms with Crippen LogP contribution in [0.1, 0.15) is 74.1 Å². The molecular weight excluding hydrogens is 632 g/mol. The smallest absolute Gasteiger partial charge is 0.410 e. The Bertz CT molecular complexity index is 1550. The summed E-state index contributed by atoms with van der Waals surface area (Å²) in [6, 6.07) is 6.53. The van der Waals surface area contributed by atoms with Crippen LogP contribution in [0.3, 0.4) is 0 Å². The van der Waals surface area contributed by atoms with Gasteiger partial charge in [0.25, 0.3) is 5.67 Å². The molecular formula is C35H51BFN5O7. The van der Waals surface area contributed by atoms with Crippen molar-refractivity contribution >= 4 is 37.2 Å². The fourth-order valence-electron chi connectivity index (χ4n) is 7.67. The second-order valence-corrected chi connectivity index (χ2v) is 14.4. The Morgan fingerprint density at radius 3 is 2.39 bits per heavy atom. The summed E-state index contributed by atoms with van der Waals surface area (Å²) in [4.78, 5) is 56.3. The Hall–Kier alpha value is -3.81. The number of ether oxygens (including phenoxy) is 3. The molecule has 0 aliphatic carbocycles. The van der Waals surface area contributed by atoms with E-state index in [2.05, 4.69) is 10.3 Å². The molecule has 2 aliphatic rings. The monoisotopic (exact) mass is 683 g/mol. The van der Waals surface area contributed by atoms with E-state index < -0.39 is 70.4 Å². The molecule has 2 fully saturated rings. The molecule has 0 radical (unpaired) electrons. The van der Waals surface area contributed by atoms with Crippen LogP contribution in [0.2, 0.25) is 5.82 Å². The van der Waals surface area contributed by atoms with Gasteiger partial charge in [-0.3, -0.25) is 14.3 Å². The average Bonchev–Trinajstić information content (AvgIpc) is 3.64. The Kier molecular flexibility index (Phi) is 11.3. The molecule has 2 aliphatic heterocycles. The third kappa shape index (κ3) is 7.39. The van der Waals surface area contributed by atoms with Crippen molar-refractivity contribution in [2.24, 2.45) is 17.8 Å². The topological polar surface area (TPSA) is 156 Å². The maximum absolute atomic E-state index is 16.2. The number of benzene rings is 1. The van der Waals surface area contributed by atoms with Crippen LogP contribution in [-0.4, -0.2) is 94.0 Å². The highest BCUT2D eigenvalue weighted by Crippen LogP contribution is 2.44. The molecule has 1 amide bonds. The number of carbonyl (C=O) groups excluding carboxylic acids is 4. The molecule has 12 nitrogen and oxygen atoms in total. The van der Waals surface area contributed by atoms with Crippen molar-refractivity contribution in [1.82, 2.24) is 19.9 Å². The zero-order valence-corrected chi connectivity index (χ0v) is 30.2. The summed E-state index contributed by atoms with van der Waals surface area (Å²) in [6.45, 7) is 11.9. The molecule has 0 unspecified atom stereocenters. The van der Waals surface area contributed by atoms with Crippen molar-refractivity contribution < 1.29 is 37.8 Å². The lowest BCUT2D eigenvalue weighted by Gasteiger charge is -2.43. The maximum atomic E-state index is 16.2. The van der Waals surface area contributed by atoms with Crippen LogP contribution in [0, 0.1) is 17.8 Å². The van der Waals surface area contributed by atoms with E-state index in [1.807, 2.05) is 24.4 Å². The molecule has 49 heavy (non-hydrogen) atoms. The number of cyclic esters (lactones) is 1. The summed E-state index contributed by atoms with van der Waals surface area (Å²) in [5, 5.41) is 8.47. The molecule has 14 heteroatoms. The van der Waals surface area contributed by atoms with E-state index in [1.54, 1.807) is 60.1 Å². The van der Waals surface area contributed by atoms with Crippen molar-refractivity contribution in [2.75, 3.05) is 19.4 Å². The number of nitrogens with zero attached hydrogens (tertiary/aromatic N) is 4. The second kappa shape index (κ2) is 14.6. The van der Waals surface area contributed by atoms with E-state index in [1.165, 1.54) is 12.0 Å². The number of aromatic nitrogens is 3. The van der Waals surface area contributed by atoms with Crippen LogP contribution in [0.4, 0.5) is 14.9 Å². The number of nitrogens with two attached hydrogens (primary N) is 1.